The van der Waals surface area contributed by atoms with Crippen LogP contribution in [0.1, 0.15) is 44.5 Å². The van der Waals surface area contributed by atoms with Crippen LogP contribution in [0.4, 0.5) is 0 Å². The second kappa shape index (κ2) is 7.85. The molecule has 0 unspecified atom stereocenters. The average molecular weight is 323 g/mol. The summed E-state index contributed by atoms with van der Waals surface area (Å²) >= 11 is 0. The van der Waals surface area contributed by atoms with E-state index < -0.39 is 17.4 Å². The highest BCUT2D eigenvalue weighted by Gasteiger charge is 2.29. The maximum absolute atomic E-state index is 12.2. The van der Waals surface area contributed by atoms with Gasteiger partial charge >= 0.3 is 5.97 Å². The summed E-state index contributed by atoms with van der Waals surface area (Å²) in [6.45, 7) is 7.63. The Morgan fingerprint density at radius 1 is 1.26 bits per heavy atom. The summed E-state index contributed by atoms with van der Waals surface area (Å²) in [6.07, 6.45) is 0.915. The summed E-state index contributed by atoms with van der Waals surface area (Å²) in [6, 6.07) is 4.78. The molecule has 6 heteroatoms. The Hall–Kier alpha value is -2.24. The molecule has 0 heterocycles. The second-order valence-electron chi connectivity index (χ2n) is 6.28. The van der Waals surface area contributed by atoms with Gasteiger partial charge < -0.3 is 19.9 Å². The fourth-order valence-corrected chi connectivity index (χ4v) is 1.74. The Bertz CT molecular complexity index is 566. The first-order valence-electron chi connectivity index (χ1n) is 7.54. The number of rotatable bonds is 8. The molecule has 0 aliphatic heterocycles. The van der Waals surface area contributed by atoms with Gasteiger partial charge in [0, 0.05) is 5.56 Å². The molecular formula is C17H25NO5. The lowest BCUT2D eigenvalue weighted by Crippen LogP contribution is -2.49. The van der Waals surface area contributed by atoms with Crippen molar-refractivity contribution in [2.75, 3.05) is 13.7 Å². The van der Waals surface area contributed by atoms with Crippen molar-refractivity contribution in [1.29, 1.82) is 0 Å². The first-order valence-corrected chi connectivity index (χ1v) is 7.54. The number of hydrogen-bond donors (Lipinski definition) is 2. The average Bonchev–Trinajstić information content (AvgIpc) is 2.46. The quantitative estimate of drug-likeness (QED) is 0.768. The number of carboxylic acids is 1. The van der Waals surface area contributed by atoms with Crippen molar-refractivity contribution in [2.24, 2.45) is 5.92 Å². The Morgan fingerprint density at radius 2 is 1.91 bits per heavy atom. The normalized spacial score (nSPS) is 11.2. The van der Waals surface area contributed by atoms with Crippen LogP contribution < -0.4 is 14.8 Å². The van der Waals surface area contributed by atoms with Crippen molar-refractivity contribution in [3.8, 4) is 11.5 Å². The molecule has 23 heavy (non-hydrogen) atoms. The Kier molecular flexibility index (Phi) is 6.42. The van der Waals surface area contributed by atoms with Gasteiger partial charge in [0.05, 0.1) is 13.7 Å². The van der Waals surface area contributed by atoms with Crippen molar-refractivity contribution in [2.45, 2.75) is 39.7 Å². The molecule has 128 valence electrons. The van der Waals surface area contributed by atoms with Gasteiger partial charge in [-0.1, -0.05) is 13.8 Å². The van der Waals surface area contributed by atoms with Crippen LogP contribution in [0.2, 0.25) is 0 Å². The van der Waals surface area contributed by atoms with E-state index in [0.717, 1.165) is 6.42 Å². The Morgan fingerprint density at radius 3 is 2.43 bits per heavy atom. The third-order valence-electron chi connectivity index (χ3n) is 3.34. The molecule has 0 saturated carbocycles. The van der Waals surface area contributed by atoms with Crippen molar-refractivity contribution < 1.29 is 24.2 Å². The largest absolute Gasteiger partial charge is 0.493 e. The highest BCUT2D eigenvalue weighted by Crippen LogP contribution is 2.28. The van der Waals surface area contributed by atoms with Crippen LogP contribution in [0.5, 0.6) is 11.5 Å². The van der Waals surface area contributed by atoms with E-state index in [0.29, 0.717) is 29.6 Å². The molecular weight excluding hydrogens is 298 g/mol. The van der Waals surface area contributed by atoms with Gasteiger partial charge in [-0.3, -0.25) is 4.79 Å². The predicted octanol–water partition coefficient (Wildman–Crippen LogP) is 2.71. The molecule has 2 N–H and O–H groups in total. The molecule has 1 rings (SSSR count). The van der Waals surface area contributed by atoms with Gasteiger partial charge in [0.2, 0.25) is 0 Å². The van der Waals surface area contributed by atoms with Crippen molar-refractivity contribution in [3.05, 3.63) is 23.8 Å². The van der Waals surface area contributed by atoms with Crippen LogP contribution in [0, 0.1) is 5.92 Å². The summed E-state index contributed by atoms with van der Waals surface area (Å²) in [4.78, 5) is 23.3. The zero-order chi connectivity index (χ0) is 17.6. The van der Waals surface area contributed by atoms with Crippen LogP contribution in [0.25, 0.3) is 0 Å². The van der Waals surface area contributed by atoms with E-state index in [1.807, 2.05) is 0 Å². The van der Waals surface area contributed by atoms with E-state index in [1.165, 1.54) is 27.0 Å². The van der Waals surface area contributed by atoms with E-state index in [-0.39, 0.29) is 0 Å². The van der Waals surface area contributed by atoms with Crippen LogP contribution in [-0.4, -0.2) is 36.2 Å². The third-order valence-corrected chi connectivity index (χ3v) is 3.34. The molecule has 1 aromatic rings. The fourth-order valence-electron chi connectivity index (χ4n) is 1.74. The number of methoxy groups -OCH3 is 1. The van der Waals surface area contributed by atoms with E-state index in [9.17, 15) is 9.59 Å². The maximum Gasteiger partial charge on any atom is 0.328 e. The molecule has 0 aliphatic rings. The molecule has 0 radical (unpaired) electrons. The molecule has 0 bridgehead atoms. The van der Waals surface area contributed by atoms with E-state index in [2.05, 4.69) is 19.2 Å². The molecule has 0 saturated heterocycles. The van der Waals surface area contributed by atoms with Crippen LogP contribution in [0.15, 0.2) is 18.2 Å². The minimum absolute atomic E-state index is 0.312. The lowest BCUT2D eigenvalue weighted by Gasteiger charge is -2.21. The Balaban J connectivity index is 2.86. The highest BCUT2D eigenvalue weighted by atomic mass is 16.5. The first kappa shape index (κ1) is 18.8. The monoisotopic (exact) mass is 323 g/mol. The summed E-state index contributed by atoms with van der Waals surface area (Å²) < 4.78 is 10.9. The third kappa shape index (κ3) is 5.47. The van der Waals surface area contributed by atoms with Gasteiger partial charge in [0.1, 0.15) is 5.54 Å². The number of benzene rings is 1. The molecule has 0 aliphatic carbocycles. The topological polar surface area (TPSA) is 84.9 Å². The molecule has 0 fully saturated rings. The number of carboxylic acid groups (broad SMARTS) is 1. The summed E-state index contributed by atoms with van der Waals surface area (Å²) in [5.74, 6) is -0.0584. The van der Waals surface area contributed by atoms with Gasteiger partial charge in [0.15, 0.2) is 11.5 Å². The maximum atomic E-state index is 12.2. The molecule has 6 nitrogen and oxygen atoms in total. The van der Waals surface area contributed by atoms with Crippen LogP contribution in [0.3, 0.4) is 0 Å². The van der Waals surface area contributed by atoms with Gasteiger partial charge in [-0.25, -0.2) is 4.79 Å². The number of carbonyl (C=O) groups is 2. The number of carbonyl (C=O) groups excluding carboxylic acids is 1. The van der Waals surface area contributed by atoms with E-state index in [4.69, 9.17) is 14.6 Å². The molecule has 0 spiro atoms. The number of aliphatic carboxylic acids is 1. The molecule has 0 aromatic heterocycles. The standard InChI is InChI=1S/C17H25NO5/c1-11(2)8-9-23-13-7-6-12(10-14(13)22-5)15(19)18-17(3,4)16(20)21/h6-7,10-11H,8-9H2,1-5H3,(H,18,19)(H,20,21). The fraction of sp³-hybridized carbons (Fsp3) is 0.529. The number of nitrogens with one attached hydrogen (secondary N) is 1. The van der Waals surface area contributed by atoms with Crippen LogP contribution in [-0.2, 0) is 4.79 Å². The lowest BCUT2D eigenvalue weighted by atomic mass is 10.1. The summed E-state index contributed by atoms with van der Waals surface area (Å²) in [7, 11) is 1.49. The van der Waals surface area contributed by atoms with Crippen molar-refractivity contribution in [3.63, 3.8) is 0 Å². The number of amides is 1. The van der Waals surface area contributed by atoms with E-state index in [1.54, 1.807) is 12.1 Å². The molecule has 0 atom stereocenters. The highest BCUT2D eigenvalue weighted by molar-refractivity contribution is 5.98. The van der Waals surface area contributed by atoms with Gasteiger partial charge in [0.25, 0.3) is 5.91 Å². The smallest absolute Gasteiger partial charge is 0.328 e. The zero-order valence-electron chi connectivity index (χ0n) is 14.3. The van der Waals surface area contributed by atoms with Gasteiger partial charge in [-0.05, 0) is 44.4 Å². The van der Waals surface area contributed by atoms with Gasteiger partial charge in [-0.2, -0.15) is 0 Å². The van der Waals surface area contributed by atoms with Crippen molar-refractivity contribution >= 4 is 11.9 Å². The van der Waals surface area contributed by atoms with Crippen LogP contribution >= 0.6 is 0 Å². The zero-order valence-corrected chi connectivity index (χ0v) is 14.3. The summed E-state index contributed by atoms with van der Waals surface area (Å²) in [5, 5.41) is 11.5. The van der Waals surface area contributed by atoms with Gasteiger partial charge in [-0.15, -0.1) is 0 Å². The van der Waals surface area contributed by atoms with Crippen molar-refractivity contribution in [1.82, 2.24) is 5.32 Å². The second-order valence-corrected chi connectivity index (χ2v) is 6.28. The SMILES string of the molecule is COc1cc(C(=O)NC(C)(C)C(=O)O)ccc1OCCC(C)C. The first-order chi connectivity index (χ1) is 10.7. The summed E-state index contributed by atoms with van der Waals surface area (Å²) in [5.41, 5.74) is -1.04. The number of hydrogen-bond acceptors (Lipinski definition) is 4. The predicted molar refractivity (Wildman–Crippen MR) is 87.1 cm³/mol. The minimum atomic E-state index is -1.35. The molecule has 1 amide bonds. The Labute approximate surface area is 136 Å². The minimum Gasteiger partial charge on any atom is -0.493 e. The molecule has 1 aromatic carbocycles. The number of ether oxygens (including phenoxy) is 2. The lowest BCUT2D eigenvalue weighted by molar-refractivity contribution is -0.143. The van der Waals surface area contributed by atoms with E-state index >= 15 is 0 Å².